The number of carbonyl (C=O) groups is 1. The van der Waals surface area contributed by atoms with Gasteiger partial charge in [0.1, 0.15) is 12.4 Å². The summed E-state index contributed by atoms with van der Waals surface area (Å²) in [6, 6.07) is 2.59. The molecule has 11 heteroatoms. The lowest BCUT2D eigenvalue weighted by Crippen LogP contribution is -2.24. The van der Waals surface area contributed by atoms with Crippen LogP contribution in [0.15, 0.2) is 29.4 Å². The van der Waals surface area contributed by atoms with E-state index in [0.717, 1.165) is 40.6 Å². The standard InChI is InChI=1S/C21H24F3N3O4S/c1-3-4-8-27-16-11-26(30)9-7-18(16)32-20(27)25-19(29)15-10-14(21(22,23)24)5-6-17(15)31-12-13(2)28/h5-7,9-10,13,28,30H,3-4,8,11-12H2,1-2H3/t13-/m0/s1. The van der Waals surface area contributed by atoms with E-state index < -0.39 is 23.8 Å². The number of aliphatic hydroxyl groups excluding tert-OH is 1. The number of nitrogens with zero attached hydrogens (tertiary/aromatic N) is 3. The van der Waals surface area contributed by atoms with Gasteiger partial charge in [0, 0.05) is 12.7 Å². The summed E-state index contributed by atoms with van der Waals surface area (Å²) in [7, 11) is 0. The molecule has 0 fully saturated rings. The van der Waals surface area contributed by atoms with Crippen molar-refractivity contribution in [2.45, 2.75) is 52.1 Å². The molecule has 1 atom stereocenters. The highest BCUT2D eigenvalue weighted by molar-refractivity contribution is 7.10. The highest BCUT2D eigenvalue weighted by atomic mass is 32.1. The molecule has 1 aliphatic rings. The third kappa shape index (κ3) is 5.59. The summed E-state index contributed by atoms with van der Waals surface area (Å²) in [5, 5.41) is 20.3. The van der Waals surface area contributed by atoms with Crippen LogP contribution in [0.2, 0.25) is 0 Å². The molecule has 0 spiro atoms. The number of benzene rings is 1. The van der Waals surface area contributed by atoms with Gasteiger partial charge in [-0.2, -0.15) is 18.2 Å². The van der Waals surface area contributed by atoms with E-state index in [0.29, 0.717) is 17.4 Å². The van der Waals surface area contributed by atoms with Gasteiger partial charge in [-0.05, 0) is 37.6 Å². The second kappa shape index (κ2) is 9.88. The van der Waals surface area contributed by atoms with Gasteiger partial charge in [-0.1, -0.05) is 24.7 Å². The highest BCUT2D eigenvalue weighted by Gasteiger charge is 2.32. The van der Waals surface area contributed by atoms with Crippen molar-refractivity contribution in [2.75, 3.05) is 6.61 Å². The van der Waals surface area contributed by atoms with Crippen molar-refractivity contribution in [3.8, 4) is 5.75 Å². The van der Waals surface area contributed by atoms with Crippen LogP contribution in [-0.2, 0) is 19.3 Å². The Morgan fingerprint density at radius 2 is 2.12 bits per heavy atom. The number of hydroxylamine groups is 2. The molecule has 0 saturated carbocycles. The van der Waals surface area contributed by atoms with Gasteiger partial charge in [0.15, 0.2) is 4.80 Å². The van der Waals surface area contributed by atoms with Crippen molar-refractivity contribution < 1.29 is 33.0 Å². The smallest absolute Gasteiger partial charge is 0.416 e. The van der Waals surface area contributed by atoms with Crippen LogP contribution in [-0.4, -0.2) is 38.6 Å². The summed E-state index contributed by atoms with van der Waals surface area (Å²) >= 11 is 1.22. The average molecular weight is 472 g/mol. The van der Waals surface area contributed by atoms with Crippen molar-refractivity contribution in [3.63, 3.8) is 0 Å². The summed E-state index contributed by atoms with van der Waals surface area (Å²) in [6.07, 6.45) is -0.650. The Bertz CT molecular complexity index is 1070. The molecule has 7 nitrogen and oxygen atoms in total. The largest absolute Gasteiger partial charge is 0.490 e. The summed E-state index contributed by atoms with van der Waals surface area (Å²) in [5.74, 6) is -0.971. The number of ether oxygens (including phenoxy) is 1. The number of unbranched alkanes of at least 4 members (excludes halogenated alkanes) is 1. The second-order valence-corrected chi connectivity index (χ2v) is 8.41. The van der Waals surface area contributed by atoms with E-state index in [4.69, 9.17) is 4.74 Å². The first-order chi connectivity index (χ1) is 15.1. The zero-order chi connectivity index (χ0) is 23.5. The fourth-order valence-electron chi connectivity index (χ4n) is 3.10. The molecule has 1 aliphatic heterocycles. The maximum absolute atomic E-state index is 13.2. The molecule has 1 aromatic carbocycles. The molecule has 3 rings (SSSR count). The van der Waals surface area contributed by atoms with Gasteiger partial charge in [-0.25, -0.2) is 0 Å². The molecule has 1 aromatic heterocycles. The Hall–Kier alpha value is -2.63. The quantitative estimate of drug-likeness (QED) is 0.636. The number of carbonyl (C=O) groups excluding carboxylic acids is 1. The molecular weight excluding hydrogens is 447 g/mol. The van der Waals surface area contributed by atoms with E-state index in [1.807, 2.05) is 6.92 Å². The van der Waals surface area contributed by atoms with E-state index in [9.17, 15) is 28.3 Å². The fourth-order valence-corrected chi connectivity index (χ4v) is 4.16. The minimum atomic E-state index is -4.64. The first-order valence-corrected chi connectivity index (χ1v) is 10.9. The Morgan fingerprint density at radius 3 is 2.78 bits per heavy atom. The normalized spacial score (nSPS) is 15.1. The van der Waals surface area contributed by atoms with Gasteiger partial charge in [0.25, 0.3) is 5.91 Å². The molecule has 2 heterocycles. The summed E-state index contributed by atoms with van der Waals surface area (Å²) in [4.78, 5) is 18.3. The lowest BCUT2D eigenvalue weighted by molar-refractivity contribution is -0.137. The van der Waals surface area contributed by atoms with Crippen molar-refractivity contribution in [2.24, 2.45) is 4.99 Å². The zero-order valence-electron chi connectivity index (χ0n) is 17.6. The van der Waals surface area contributed by atoms with Crippen LogP contribution in [0.1, 0.15) is 53.2 Å². The van der Waals surface area contributed by atoms with Gasteiger partial charge < -0.3 is 14.4 Å². The van der Waals surface area contributed by atoms with Crippen LogP contribution in [0.5, 0.6) is 5.75 Å². The highest BCUT2D eigenvalue weighted by Crippen LogP contribution is 2.33. The third-order valence-electron chi connectivity index (χ3n) is 4.70. The number of thiazole rings is 1. The number of halogens is 3. The van der Waals surface area contributed by atoms with Crippen LogP contribution in [0.4, 0.5) is 13.2 Å². The number of amides is 1. The molecule has 0 unspecified atom stereocenters. The molecule has 0 bridgehead atoms. The van der Waals surface area contributed by atoms with E-state index >= 15 is 0 Å². The van der Waals surface area contributed by atoms with E-state index in [1.165, 1.54) is 24.5 Å². The Balaban J connectivity index is 2.07. The van der Waals surface area contributed by atoms with Crippen molar-refractivity contribution in [3.05, 3.63) is 50.9 Å². The van der Waals surface area contributed by atoms with Crippen LogP contribution >= 0.6 is 11.3 Å². The molecule has 1 amide bonds. The first-order valence-electron chi connectivity index (χ1n) is 10.1. The van der Waals surface area contributed by atoms with E-state index in [1.54, 1.807) is 10.6 Å². The number of aliphatic hydroxyl groups is 1. The predicted octanol–water partition coefficient (Wildman–Crippen LogP) is 4.04. The lowest BCUT2D eigenvalue weighted by atomic mass is 10.1. The molecule has 32 heavy (non-hydrogen) atoms. The van der Waals surface area contributed by atoms with Crippen molar-refractivity contribution in [1.29, 1.82) is 0 Å². The van der Waals surface area contributed by atoms with Gasteiger partial charge in [0.05, 0.1) is 34.3 Å². The maximum atomic E-state index is 13.2. The van der Waals surface area contributed by atoms with Gasteiger partial charge in [-0.3, -0.25) is 15.1 Å². The van der Waals surface area contributed by atoms with Crippen LogP contribution in [0.3, 0.4) is 0 Å². The second-order valence-electron chi connectivity index (χ2n) is 7.40. The number of aromatic nitrogens is 1. The molecule has 2 N–H and O–H groups in total. The fraction of sp³-hybridized carbons (Fsp3) is 0.429. The summed E-state index contributed by atoms with van der Waals surface area (Å²) in [6.45, 7) is 4.04. The van der Waals surface area contributed by atoms with Gasteiger partial charge in [-0.15, -0.1) is 0 Å². The van der Waals surface area contributed by atoms with Crippen molar-refractivity contribution >= 4 is 23.3 Å². The van der Waals surface area contributed by atoms with Crippen LogP contribution < -0.4 is 9.54 Å². The minimum absolute atomic E-state index is 0.0875. The number of fused-ring (bicyclic) bond motifs is 1. The van der Waals surface area contributed by atoms with E-state index in [-0.39, 0.29) is 24.5 Å². The monoisotopic (exact) mass is 471 g/mol. The third-order valence-corrected chi connectivity index (χ3v) is 5.79. The molecule has 2 aromatic rings. The molecule has 0 aliphatic carbocycles. The Morgan fingerprint density at radius 1 is 1.38 bits per heavy atom. The topological polar surface area (TPSA) is 87.3 Å². The summed E-state index contributed by atoms with van der Waals surface area (Å²) < 4.78 is 46.9. The minimum Gasteiger partial charge on any atom is -0.490 e. The van der Waals surface area contributed by atoms with Crippen LogP contribution in [0, 0.1) is 0 Å². The van der Waals surface area contributed by atoms with Crippen molar-refractivity contribution in [1.82, 2.24) is 9.63 Å². The van der Waals surface area contributed by atoms with Crippen LogP contribution in [0.25, 0.3) is 6.08 Å². The number of rotatable bonds is 7. The Kier molecular flexibility index (Phi) is 7.42. The maximum Gasteiger partial charge on any atom is 0.416 e. The first kappa shape index (κ1) is 24.0. The average Bonchev–Trinajstić information content (AvgIpc) is 3.05. The predicted molar refractivity (Wildman–Crippen MR) is 112 cm³/mol. The number of hydrogen-bond acceptors (Lipinski definition) is 6. The SMILES string of the molecule is CCCCn1c2c(sc1=NC(=O)c1cc(C(F)(F)F)ccc1OC[C@H](C)O)C=CN(O)C2. The van der Waals surface area contributed by atoms with Gasteiger partial charge >= 0.3 is 6.18 Å². The lowest BCUT2D eigenvalue weighted by Gasteiger charge is -2.18. The number of alkyl halides is 3. The molecular formula is C21H24F3N3O4S. The summed E-state index contributed by atoms with van der Waals surface area (Å²) in [5.41, 5.74) is -0.563. The molecule has 0 saturated heterocycles. The molecule has 0 radical (unpaired) electrons. The van der Waals surface area contributed by atoms with Gasteiger partial charge in [0.2, 0.25) is 0 Å². The molecule has 174 valence electrons. The zero-order valence-corrected chi connectivity index (χ0v) is 18.4. The van der Waals surface area contributed by atoms with E-state index in [2.05, 4.69) is 4.99 Å². The number of hydrogen-bond donors (Lipinski definition) is 2. The Labute approximate surface area is 186 Å².